The lowest BCUT2D eigenvalue weighted by atomic mass is 10.0. The van der Waals surface area contributed by atoms with Crippen molar-refractivity contribution in [2.75, 3.05) is 11.5 Å². The van der Waals surface area contributed by atoms with E-state index < -0.39 is 0 Å². The number of aromatic nitrogens is 4. The molecule has 29 heavy (non-hydrogen) atoms. The molecule has 138 valence electrons. The Labute approximate surface area is 165 Å². The van der Waals surface area contributed by atoms with Gasteiger partial charge in [-0.15, -0.1) is 0 Å². The first-order valence-corrected chi connectivity index (χ1v) is 8.96. The molecule has 5 aromatic rings. The Morgan fingerprint density at radius 2 is 1.52 bits per heavy atom. The van der Waals surface area contributed by atoms with Crippen molar-refractivity contribution in [1.82, 2.24) is 19.6 Å². The van der Waals surface area contributed by atoms with Crippen LogP contribution in [0.25, 0.3) is 39.2 Å². The van der Waals surface area contributed by atoms with Crippen LogP contribution in [-0.4, -0.2) is 19.6 Å². The van der Waals surface area contributed by atoms with Gasteiger partial charge in [0.05, 0.1) is 22.5 Å². The Kier molecular flexibility index (Phi) is 3.64. The van der Waals surface area contributed by atoms with Crippen LogP contribution >= 0.6 is 0 Å². The number of hydrogen-bond acceptors (Lipinski definition) is 6. The number of nitrogen functional groups attached to an aromatic ring is 2. The minimum Gasteiger partial charge on any atom is -0.397 e. The summed E-state index contributed by atoms with van der Waals surface area (Å²) < 4.78 is 1.75. The molecule has 7 heteroatoms. The standard InChI is InChI=1S/C22H15N7/c23-12-15-19(24)18-20(14-9-5-2-6-10-14)29-17(26-22(18)27-21(15)25)11-16(28-29)13-7-3-1-4-8-13/h1-11H,24H2,(H2,25,26,27). The zero-order chi connectivity index (χ0) is 20.0. The zero-order valence-electron chi connectivity index (χ0n) is 15.2. The topological polar surface area (TPSA) is 119 Å². The fraction of sp³-hybridized carbons (Fsp3) is 0. The highest BCUT2D eigenvalue weighted by Gasteiger charge is 2.20. The first kappa shape index (κ1) is 16.7. The molecule has 0 spiro atoms. The SMILES string of the molecule is N#Cc1c(N)nc2nc3cc(-c4ccccc4)nn3c(-c3ccccc3)c2c1N. The third-order valence-electron chi connectivity index (χ3n) is 4.83. The number of hydrogen-bond donors (Lipinski definition) is 2. The number of nitrogens with two attached hydrogens (primary N) is 2. The fourth-order valence-electron chi connectivity index (χ4n) is 3.48. The number of pyridine rings is 1. The van der Waals surface area contributed by atoms with Gasteiger partial charge in [0, 0.05) is 17.2 Å². The van der Waals surface area contributed by atoms with Crippen molar-refractivity contribution in [3.8, 4) is 28.6 Å². The zero-order valence-corrected chi connectivity index (χ0v) is 15.2. The Morgan fingerprint density at radius 3 is 2.17 bits per heavy atom. The molecule has 0 saturated carbocycles. The van der Waals surface area contributed by atoms with Crippen LogP contribution in [0.1, 0.15) is 5.56 Å². The first-order valence-electron chi connectivity index (χ1n) is 8.96. The van der Waals surface area contributed by atoms with E-state index in [-0.39, 0.29) is 17.1 Å². The van der Waals surface area contributed by atoms with Gasteiger partial charge < -0.3 is 11.5 Å². The van der Waals surface area contributed by atoms with Gasteiger partial charge in [-0.25, -0.2) is 14.5 Å². The second-order valence-electron chi connectivity index (χ2n) is 6.59. The summed E-state index contributed by atoms with van der Waals surface area (Å²) in [7, 11) is 0. The van der Waals surface area contributed by atoms with Crippen molar-refractivity contribution in [1.29, 1.82) is 5.26 Å². The minimum atomic E-state index is 0.0659. The molecule has 2 aromatic carbocycles. The van der Waals surface area contributed by atoms with E-state index in [1.807, 2.05) is 72.8 Å². The number of nitrogens with zero attached hydrogens (tertiary/aromatic N) is 5. The largest absolute Gasteiger partial charge is 0.397 e. The second kappa shape index (κ2) is 6.32. The molecule has 0 bridgehead atoms. The van der Waals surface area contributed by atoms with Crippen molar-refractivity contribution >= 4 is 28.2 Å². The van der Waals surface area contributed by atoms with Gasteiger partial charge in [-0.05, 0) is 0 Å². The quantitative estimate of drug-likeness (QED) is 0.485. The maximum absolute atomic E-state index is 9.49. The molecule has 3 heterocycles. The molecule has 0 unspecified atom stereocenters. The Balaban J connectivity index is 1.95. The van der Waals surface area contributed by atoms with Crippen molar-refractivity contribution in [3.05, 3.63) is 72.3 Å². The van der Waals surface area contributed by atoms with E-state index in [0.29, 0.717) is 22.4 Å². The molecule has 0 fully saturated rings. The van der Waals surface area contributed by atoms with E-state index in [4.69, 9.17) is 16.6 Å². The summed E-state index contributed by atoms with van der Waals surface area (Å²) in [6, 6.07) is 23.5. The third-order valence-corrected chi connectivity index (χ3v) is 4.83. The highest BCUT2D eigenvalue weighted by molar-refractivity contribution is 6.03. The highest BCUT2D eigenvalue weighted by Crippen LogP contribution is 2.35. The van der Waals surface area contributed by atoms with E-state index >= 15 is 0 Å². The average Bonchev–Trinajstić information content (AvgIpc) is 3.17. The van der Waals surface area contributed by atoms with Crippen LogP contribution in [0.2, 0.25) is 0 Å². The molecule has 0 atom stereocenters. The predicted molar refractivity (Wildman–Crippen MR) is 113 cm³/mol. The molecule has 0 radical (unpaired) electrons. The number of benzene rings is 2. The maximum Gasteiger partial charge on any atom is 0.168 e. The first-order chi connectivity index (χ1) is 14.2. The number of anilines is 2. The Hall–Kier alpha value is -4.44. The van der Waals surface area contributed by atoms with E-state index in [2.05, 4.69) is 9.97 Å². The summed E-state index contributed by atoms with van der Waals surface area (Å²) in [5.74, 6) is 0.0659. The van der Waals surface area contributed by atoms with Crippen molar-refractivity contribution in [2.24, 2.45) is 0 Å². The lowest BCUT2D eigenvalue weighted by Gasteiger charge is -2.12. The average molecular weight is 377 g/mol. The van der Waals surface area contributed by atoms with Gasteiger partial charge in [0.25, 0.3) is 0 Å². The van der Waals surface area contributed by atoms with Crippen LogP contribution in [0, 0.1) is 11.3 Å². The summed E-state index contributed by atoms with van der Waals surface area (Å²) in [4.78, 5) is 8.98. The highest BCUT2D eigenvalue weighted by atomic mass is 15.3. The van der Waals surface area contributed by atoms with Gasteiger partial charge >= 0.3 is 0 Å². The molecule has 0 saturated heterocycles. The van der Waals surface area contributed by atoms with Crippen LogP contribution < -0.4 is 11.5 Å². The molecule has 0 aliphatic rings. The molecule has 3 aromatic heterocycles. The van der Waals surface area contributed by atoms with Gasteiger partial charge in [0.2, 0.25) is 0 Å². The lowest BCUT2D eigenvalue weighted by molar-refractivity contribution is 0.962. The van der Waals surface area contributed by atoms with Crippen LogP contribution in [0.4, 0.5) is 11.5 Å². The molecule has 4 N–H and O–H groups in total. The summed E-state index contributed by atoms with van der Waals surface area (Å²) in [6.45, 7) is 0. The summed E-state index contributed by atoms with van der Waals surface area (Å²) in [5, 5.41) is 14.8. The molecule has 0 aliphatic carbocycles. The fourth-order valence-corrected chi connectivity index (χ4v) is 3.48. The van der Waals surface area contributed by atoms with Crippen molar-refractivity contribution < 1.29 is 0 Å². The minimum absolute atomic E-state index is 0.0659. The summed E-state index contributed by atoms with van der Waals surface area (Å²) in [6.07, 6.45) is 0. The van der Waals surface area contributed by atoms with Crippen LogP contribution in [0.3, 0.4) is 0 Å². The van der Waals surface area contributed by atoms with Crippen LogP contribution in [-0.2, 0) is 0 Å². The van der Waals surface area contributed by atoms with Gasteiger partial charge in [0.1, 0.15) is 17.5 Å². The summed E-state index contributed by atoms with van der Waals surface area (Å²) >= 11 is 0. The molecule has 0 aliphatic heterocycles. The second-order valence-corrected chi connectivity index (χ2v) is 6.59. The predicted octanol–water partition coefficient (Wildman–Crippen LogP) is 3.65. The van der Waals surface area contributed by atoms with Crippen molar-refractivity contribution in [3.63, 3.8) is 0 Å². The molecule has 5 rings (SSSR count). The van der Waals surface area contributed by atoms with E-state index in [1.54, 1.807) is 4.52 Å². The lowest BCUT2D eigenvalue weighted by Crippen LogP contribution is -2.07. The van der Waals surface area contributed by atoms with E-state index in [9.17, 15) is 5.26 Å². The van der Waals surface area contributed by atoms with E-state index in [0.717, 1.165) is 16.8 Å². The smallest absolute Gasteiger partial charge is 0.168 e. The maximum atomic E-state index is 9.49. The molecular formula is C22H15N7. The number of nitriles is 1. The normalized spacial score (nSPS) is 11.0. The molecule has 0 amide bonds. The van der Waals surface area contributed by atoms with Gasteiger partial charge in [-0.3, -0.25) is 0 Å². The Morgan fingerprint density at radius 1 is 0.862 bits per heavy atom. The summed E-state index contributed by atoms with van der Waals surface area (Å²) in [5.41, 5.74) is 17.0. The molecule has 7 nitrogen and oxygen atoms in total. The number of rotatable bonds is 2. The monoisotopic (exact) mass is 377 g/mol. The van der Waals surface area contributed by atoms with Crippen LogP contribution in [0.5, 0.6) is 0 Å². The Bertz CT molecular complexity index is 1410. The number of fused-ring (bicyclic) bond motifs is 2. The van der Waals surface area contributed by atoms with Gasteiger partial charge in [-0.1, -0.05) is 60.7 Å². The van der Waals surface area contributed by atoms with Crippen molar-refractivity contribution in [2.45, 2.75) is 0 Å². The molecular weight excluding hydrogens is 362 g/mol. The van der Waals surface area contributed by atoms with Gasteiger partial charge in [0.15, 0.2) is 11.3 Å². The van der Waals surface area contributed by atoms with Crippen LogP contribution in [0.15, 0.2) is 66.7 Å². The third kappa shape index (κ3) is 2.55. The van der Waals surface area contributed by atoms with Gasteiger partial charge in [-0.2, -0.15) is 10.4 Å². The van der Waals surface area contributed by atoms with E-state index in [1.165, 1.54) is 0 Å².